The molecule has 1 amide bonds. The lowest BCUT2D eigenvalue weighted by molar-refractivity contribution is -0.132. The van der Waals surface area contributed by atoms with Crippen molar-refractivity contribution in [1.82, 2.24) is 9.80 Å². The Balaban J connectivity index is 2.49. The number of carbonyl (C=O) groups excluding carboxylic acids is 3. The largest absolute Gasteiger partial charge is 0.503 e. The predicted molar refractivity (Wildman–Crippen MR) is 105 cm³/mol. The number of ether oxygens (including phenoxy) is 1. The van der Waals surface area contributed by atoms with Crippen LogP contribution >= 0.6 is 0 Å². The summed E-state index contributed by atoms with van der Waals surface area (Å²) in [6.07, 6.45) is 0. The highest BCUT2D eigenvalue weighted by Crippen LogP contribution is 2.41. The van der Waals surface area contributed by atoms with E-state index in [1.807, 2.05) is 19.0 Å². The predicted octanol–water partition coefficient (Wildman–Crippen LogP) is 2.48. The molecule has 0 aliphatic carbocycles. The molecule has 0 saturated carbocycles. The molecule has 0 aromatic heterocycles. The third-order valence-corrected chi connectivity index (χ3v) is 4.48. The van der Waals surface area contributed by atoms with Gasteiger partial charge in [-0.05, 0) is 31.8 Å². The van der Waals surface area contributed by atoms with Gasteiger partial charge in [0.05, 0.1) is 11.6 Å². The van der Waals surface area contributed by atoms with Gasteiger partial charge < -0.3 is 19.6 Å². The van der Waals surface area contributed by atoms with E-state index >= 15 is 0 Å². The Morgan fingerprint density at radius 3 is 2.21 bits per heavy atom. The van der Waals surface area contributed by atoms with E-state index in [1.54, 1.807) is 45.0 Å². The number of Topliss-reactive ketones (excluding diaryl/α,β-unsaturated/α-hetero) is 1. The van der Waals surface area contributed by atoms with Crippen molar-refractivity contribution >= 4 is 17.7 Å². The molecule has 28 heavy (non-hydrogen) atoms. The Labute approximate surface area is 165 Å². The standard InChI is InChI=1S/C21H28N2O5/c1-13(24)28-15-9-7-14(8-10-15)17-16(19(26)21(2,3)4)18(25)20(27)23(17)12-11-22(5)6/h7-10,17,25H,11-12H2,1-6H3. The van der Waals surface area contributed by atoms with Crippen LogP contribution in [0.4, 0.5) is 0 Å². The molecule has 7 heteroatoms. The molecule has 1 atom stereocenters. The van der Waals surface area contributed by atoms with Crippen LogP contribution in [0.25, 0.3) is 0 Å². The molecule has 152 valence electrons. The van der Waals surface area contributed by atoms with Crippen LogP contribution < -0.4 is 4.74 Å². The van der Waals surface area contributed by atoms with Crippen molar-refractivity contribution < 1.29 is 24.2 Å². The van der Waals surface area contributed by atoms with Crippen molar-refractivity contribution in [3.63, 3.8) is 0 Å². The van der Waals surface area contributed by atoms with Crippen LogP contribution in [0.1, 0.15) is 39.3 Å². The highest BCUT2D eigenvalue weighted by atomic mass is 16.5. The van der Waals surface area contributed by atoms with E-state index in [0.29, 0.717) is 24.4 Å². The molecule has 1 N–H and O–H groups in total. The molecule has 1 aliphatic heterocycles. The minimum atomic E-state index is -0.753. The minimum absolute atomic E-state index is 0.108. The number of amides is 1. The summed E-state index contributed by atoms with van der Waals surface area (Å²) >= 11 is 0. The van der Waals surface area contributed by atoms with Crippen LogP contribution in [-0.4, -0.2) is 59.8 Å². The fourth-order valence-corrected chi connectivity index (χ4v) is 3.06. The zero-order valence-corrected chi connectivity index (χ0v) is 17.3. The average molecular weight is 388 g/mol. The molecule has 1 aromatic carbocycles. The van der Waals surface area contributed by atoms with Crippen LogP contribution in [0.3, 0.4) is 0 Å². The van der Waals surface area contributed by atoms with E-state index in [9.17, 15) is 19.5 Å². The summed E-state index contributed by atoms with van der Waals surface area (Å²) in [6.45, 7) is 7.51. The van der Waals surface area contributed by atoms with E-state index in [0.717, 1.165) is 0 Å². The van der Waals surface area contributed by atoms with Crippen molar-refractivity contribution in [1.29, 1.82) is 0 Å². The molecule has 7 nitrogen and oxygen atoms in total. The van der Waals surface area contributed by atoms with E-state index in [2.05, 4.69) is 0 Å². The first kappa shape index (κ1) is 21.6. The summed E-state index contributed by atoms with van der Waals surface area (Å²) in [7, 11) is 3.77. The topological polar surface area (TPSA) is 87.2 Å². The maximum absolute atomic E-state index is 13.0. The fraction of sp³-hybridized carbons (Fsp3) is 0.476. The number of ketones is 1. The van der Waals surface area contributed by atoms with Crippen molar-refractivity contribution in [3.05, 3.63) is 41.2 Å². The summed E-state index contributed by atoms with van der Waals surface area (Å²) in [4.78, 5) is 40.3. The first-order chi connectivity index (χ1) is 12.9. The van der Waals surface area contributed by atoms with Crippen LogP contribution in [-0.2, 0) is 14.4 Å². The second-order valence-corrected chi connectivity index (χ2v) is 8.21. The third-order valence-electron chi connectivity index (χ3n) is 4.48. The second kappa shape index (κ2) is 8.14. The van der Waals surface area contributed by atoms with Crippen molar-refractivity contribution in [3.8, 4) is 5.75 Å². The van der Waals surface area contributed by atoms with Gasteiger partial charge in [0, 0.05) is 25.4 Å². The molecule has 0 radical (unpaired) electrons. The van der Waals surface area contributed by atoms with Gasteiger partial charge in [-0.25, -0.2) is 0 Å². The van der Waals surface area contributed by atoms with E-state index in [-0.39, 0.29) is 11.4 Å². The fourth-order valence-electron chi connectivity index (χ4n) is 3.06. The number of nitrogens with zero attached hydrogens (tertiary/aromatic N) is 2. The smallest absolute Gasteiger partial charge is 0.308 e. The number of carbonyl (C=O) groups is 3. The molecule has 0 spiro atoms. The normalized spacial score (nSPS) is 17.5. The molecule has 1 unspecified atom stereocenters. The number of aliphatic hydroxyl groups excluding tert-OH is 1. The Bertz CT molecular complexity index is 803. The van der Waals surface area contributed by atoms with Gasteiger partial charge in [-0.1, -0.05) is 32.9 Å². The van der Waals surface area contributed by atoms with Gasteiger partial charge in [0.15, 0.2) is 11.5 Å². The minimum Gasteiger partial charge on any atom is -0.503 e. The SMILES string of the molecule is CC(=O)Oc1ccc(C2C(C(=O)C(C)(C)C)=C(O)C(=O)N2CCN(C)C)cc1. The first-order valence-electron chi connectivity index (χ1n) is 9.15. The van der Waals surface area contributed by atoms with Crippen LogP contribution in [0.5, 0.6) is 5.75 Å². The zero-order chi connectivity index (χ0) is 21.2. The van der Waals surface area contributed by atoms with Gasteiger partial charge in [0.2, 0.25) is 0 Å². The van der Waals surface area contributed by atoms with Gasteiger partial charge in [-0.2, -0.15) is 0 Å². The van der Waals surface area contributed by atoms with Crippen molar-refractivity contribution in [2.75, 3.05) is 27.2 Å². The summed E-state index contributed by atoms with van der Waals surface area (Å²) < 4.78 is 5.05. The summed E-state index contributed by atoms with van der Waals surface area (Å²) in [6, 6.07) is 5.94. The number of aliphatic hydroxyl groups is 1. The van der Waals surface area contributed by atoms with Crippen LogP contribution in [0.15, 0.2) is 35.6 Å². The molecule has 0 saturated heterocycles. The molecule has 1 aliphatic rings. The number of esters is 1. The van der Waals surface area contributed by atoms with Gasteiger partial charge >= 0.3 is 5.97 Å². The second-order valence-electron chi connectivity index (χ2n) is 8.21. The molecule has 1 heterocycles. The van der Waals surface area contributed by atoms with Crippen molar-refractivity contribution in [2.24, 2.45) is 5.41 Å². The zero-order valence-electron chi connectivity index (χ0n) is 17.3. The number of hydrogen-bond acceptors (Lipinski definition) is 6. The third kappa shape index (κ3) is 4.59. The van der Waals surface area contributed by atoms with E-state index < -0.39 is 29.1 Å². The van der Waals surface area contributed by atoms with Gasteiger partial charge in [0.25, 0.3) is 5.91 Å². The lowest BCUT2D eigenvalue weighted by atomic mass is 9.82. The Morgan fingerprint density at radius 1 is 1.18 bits per heavy atom. The number of benzene rings is 1. The quantitative estimate of drug-likeness (QED) is 0.595. The average Bonchev–Trinajstić information content (AvgIpc) is 2.83. The summed E-state index contributed by atoms with van der Waals surface area (Å²) in [5, 5.41) is 10.5. The lowest BCUT2D eigenvalue weighted by Gasteiger charge is -2.29. The number of hydrogen-bond donors (Lipinski definition) is 1. The maximum Gasteiger partial charge on any atom is 0.308 e. The molecular formula is C21H28N2O5. The lowest BCUT2D eigenvalue weighted by Crippen LogP contribution is -2.37. The van der Waals surface area contributed by atoms with Gasteiger partial charge in [0.1, 0.15) is 5.75 Å². The molecule has 0 bridgehead atoms. The Kier molecular flexibility index (Phi) is 6.29. The highest BCUT2D eigenvalue weighted by Gasteiger charge is 2.45. The monoisotopic (exact) mass is 388 g/mol. The summed E-state index contributed by atoms with van der Waals surface area (Å²) in [5.41, 5.74) is 0.0213. The Morgan fingerprint density at radius 2 is 1.75 bits per heavy atom. The molecule has 0 fully saturated rings. The summed E-state index contributed by atoms with van der Waals surface area (Å²) in [5.74, 6) is -1.38. The van der Waals surface area contributed by atoms with Crippen LogP contribution in [0.2, 0.25) is 0 Å². The highest BCUT2D eigenvalue weighted by molar-refractivity contribution is 6.10. The molecule has 2 rings (SSSR count). The van der Waals surface area contributed by atoms with Gasteiger partial charge in [-0.15, -0.1) is 0 Å². The van der Waals surface area contributed by atoms with Gasteiger partial charge in [-0.3, -0.25) is 14.4 Å². The number of likely N-dealkylation sites (N-methyl/N-ethyl adjacent to an activating group) is 1. The maximum atomic E-state index is 13.0. The molecular weight excluding hydrogens is 360 g/mol. The van der Waals surface area contributed by atoms with Crippen molar-refractivity contribution in [2.45, 2.75) is 33.7 Å². The van der Waals surface area contributed by atoms with E-state index in [4.69, 9.17) is 4.74 Å². The first-order valence-corrected chi connectivity index (χ1v) is 9.15. The number of rotatable bonds is 6. The Hall–Kier alpha value is -2.67. The van der Waals surface area contributed by atoms with Crippen LogP contribution in [0, 0.1) is 5.41 Å². The molecule has 1 aromatic rings. The van der Waals surface area contributed by atoms with E-state index in [1.165, 1.54) is 11.8 Å².